The van der Waals surface area contributed by atoms with E-state index in [1.165, 1.54) is 6.20 Å². The molecule has 6 nitrogen and oxygen atoms in total. The number of anilines is 2. The summed E-state index contributed by atoms with van der Waals surface area (Å²) in [5, 5.41) is 17.9. The maximum atomic E-state index is 11.1. The number of benzene rings is 1. The van der Waals surface area contributed by atoms with Crippen LogP contribution >= 0.6 is 0 Å². The SMILES string of the molecule is N#Cc1cc(CN(CC(=O)O)c2ccccc2N)ccn1. The number of rotatable bonds is 5. The summed E-state index contributed by atoms with van der Waals surface area (Å²) in [4.78, 5) is 16.6. The van der Waals surface area contributed by atoms with Crippen LogP contribution in [0, 0.1) is 11.3 Å². The van der Waals surface area contributed by atoms with E-state index in [4.69, 9.17) is 16.1 Å². The Balaban J connectivity index is 2.31. The molecule has 0 amide bonds. The van der Waals surface area contributed by atoms with Gasteiger partial charge >= 0.3 is 5.97 Å². The first-order chi connectivity index (χ1) is 10.1. The lowest BCUT2D eigenvalue weighted by Gasteiger charge is -2.24. The van der Waals surface area contributed by atoms with Crippen LogP contribution in [-0.2, 0) is 11.3 Å². The number of pyridine rings is 1. The van der Waals surface area contributed by atoms with E-state index in [1.54, 1.807) is 41.3 Å². The van der Waals surface area contributed by atoms with Crippen molar-refractivity contribution in [1.29, 1.82) is 5.26 Å². The fourth-order valence-corrected chi connectivity index (χ4v) is 2.02. The van der Waals surface area contributed by atoms with Crippen molar-refractivity contribution in [3.63, 3.8) is 0 Å². The number of nitrogens with two attached hydrogens (primary N) is 1. The molecule has 1 aromatic carbocycles. The van der Waals surface area contributed by atoms with Crippen molar-refractivity contribution in [3.05, 3.63) is 53.9 Å². The molecule has 3 N–H and O–H groups in total. The molecular formula is C15H14N4O2. The van der Waals surface area contributed by atoms with E-state index in [2.05, 4.69) is 4.98 Å². The number of nitrogens with zero attached hydrogens (tertiary/aromatic N) is 3. The Hall–Kier alpha value is -3.07. The summed E-state index contributed by atoms with van der Waals surface area (Å²) in [6.45, 7) is 0.149. The minimum absolute atomic E-state index is 0.182. The van der Waals surface area contributed by atoms with E-state index in [9.17, 15) is 4.79 Å². The van der Waals surface area contributed by atoms with Gasteiger partial charge < -0.3 is 15.7 Å². The lowest BCUT2D eigenvalue weighted by molar-refractivity contribution is -0.135. The van der Waals surface area contributed by atoms with Crippen molar-refractivity contribution in [2.75, 3.05) is 17.2 Å². The summed E-state index contributed by atoms with van der Waals surface area (Å²) < 4.78 is 0. The molecule has 106 valence electrons. The third kappa shape index (κ3) is 3.70. The average molecular weight is 282 g/mol. The number of hydrogen-bond acceptors (Lipinski definition) is 5. The maximum Gasteiger partial charge on any atom is 0.323 e. The lowest BCUT2D eigenvalue weighted by atomic mass is 10.2. The summed E-state index contributed by atoms with van der Waals surface area (Å²) in [7, 11) is 0. The monoisotopic (exact) mass is 282 g/mol. The normalized spacial score (nSPS) is 9.86. The van der Waals surface area contributed by atoms with Gasteiger partial charge in [-0.25, -0.2) is 4.98 Å². The van der Waals surface area contributed by atoms with Gasteiger partial charge in [0.1, 0.15) is 18.3 Å². The predicted octanol–water partition coefficient (Wildman–Crippen LogP) is 1.63. The molecule has 21 heavy (non-hydrogen) atoms. The first-order valence-electron chi connectivity index (χ1n) is 6.26. The van der Waals surface area contributed by atoms with E-state index < -0.39 is 5.97 Å². The predicted molar refractivity (Wildman–Crippen MR) is 78.5 cm³/mol. The first-order valence-corrected chi connectivity index (χ1v) is 6.26. The zero-order valence-corrected chi connectivity index (χ0v) is 11.2. The lowest BCUT2D eigenvalue weighted by Crippen LogP contribution is -2.29. The topological polar surface area (TPSA) is 103 Å². The van der Waals surface area contributed by atoms with Crippen molar-refractivity contribution >= 4 is 17.3 Å². The maximum absolute atomic E-state index is 11.1. The Kier molecular flexibility index (Phi) is 4.36. The molecule has 0 aliphatic heterocycles. The Morgan fingerprint density at radius 2 is 2.14 bits per heavy atom. The summed E-state index contributed by atoms with van der Waals surface area (Å²) in [6, 6.07) is 12.4. The van der Waals surface area contributed by atoms with Gasteiger partial charge in [-0.3, -0.25) is 4.79 Å². The summed E-state index contributed by atoms with van der Waals surface area (Å²) in [5.74, 6) is -0.951. The Morgan fingerprint density at radius 3 is 2.81 bits per heavy atom. The molecule has 1 heterocycles. The molecule has 2 aromatic rings. The molecule has 0 saturated heterocycles. The van der Waals surface area contributed by atoms with Crippen LogP contribution < -0.4 is 10.6 Å². The number of nitriles is 1. The first kappa shape index (κ1) is 14.3. The van der Waals surface area contributed by atoms with Crippen LogP contribution in [-0.4, -0.2) is 22.6 Å². The van der Waals surface area contributed by atoms with Gasteiger partial charge in [0, 0.05) is 12.7 Å². The van der Waals surface area contributed by atoms with Crippen molar-refractivity contribution in [3.8, 4) is 6.07 Å². The van der Waals surface area contributed by atoms with Crippen LogP contribution in [0.1, 0.15) is 11.3 Å². The molecule has 0 spiro atoms. The van der Waals surface area contributed by atoms with Crippen LogP contribution in [0.25, 0.3) is 0 Å². The van der Waals surface area contributed by atoms with Gasteiger partial charge in [0.05, 0.1) is 11.4 Å². The summed E-state index contributed by atoms with van der Waals surface area (Å²) >= 11 is 0. The second-order valence-electron chi connectivity index (χ2n) is 4.47. The van der Waals surface area contributed by atoms with Crippen molar-refractivity contribution in [2.45, 2.75) is 6.54 Å². The Morgan fingerprint density at radius 1 is 1.38 bits per heavy atom. The number of carbonyl (C=O) groups is 1. The van der Waals surface area contributed by atoms with E-state index >= 15 is 0 Å². The molecular weight excluding hydrogens is 268 g/mol. The molecule has 0 unspecified atom stereocenters. The third-order valence-corrected chi connectivity index (χ3v) is 2.92. The largest absolute Gasteiger partial charge is 0.480 e. The molecule has 0 radical (unpaired) electrons. The minimum atomic E-state index is -0.951. The van der Waals surface area contributed by atoms with Gasteiger partial charge in [0.15, 0.2) is 0 Å². The number of aromatic nitrogens is 1. The smallest absolute Gasteiger partial charge is 0.323 e. The Bertz CT molecular complexity index is 694. The molecule has 2 rings (SSSR count). The van der Waals surface area contributed by atoms with Crippen molar-refractivity contribution < 1.29 is 9.90 Å². The number of carboxylic acid groups (broad SMARTS) is 1. The molecule has 0 aliphatic rings. The molecule has 0 aliphatic carbocycles. The van der Waals surface area contributed by atoms with Crippen LogP contribution in [0.3, 0.4) is 0 Å². The second-order valence-corrected chi connectivity index (χ2v) is 4.47. The highest BCUT2D eigenvalue weighted by Gasteiger charge is 2.14. The fraction of sp³-hybridized carbons (Fsp3) is 0.133. The molecule has 0 bridgehead atoms. The quantitative estimate of drug-likeness (QED) is 0.808. The van der Waals surface area contributed by atoms with E-state index in [1.807, 2.05) is 6.07 Å². The number of para-hydroxylation sites is 2. The van der Waals surface area contributed by atoms with E-state index in [0.717, 1.165) is 5.56 Å². The fourth-order valence-electron chi connectivity index (χ4n) is 2.02. The average Bonchev–Trinajstić information content (AvgIpc) is 2.47. The highest BCUT2D eigenvalue weighted by atomic mass is 16.4. The van der Waals surface area contributed by atoms with Gasteiger partial charge in [0.2, 0.25) is 0 Å². The van der Waals surface area contributed by atoms with Crippen LogP contribution in [0.2, 0.25) is 0 Å². The third-order valence-electron chi connectivity index (χ3n) is 2.92. The number of hydrogen-bond donors (Lipinski definition) is 2. The molecule has 1 aromatic heterocycles. The number of aliphatic carboxylic acids is 1. The van der Waals surface area contributed by atoms with Crippen LogP contribution in [0.5, 0.6) is 0 Å². The highest BCUT2D eigenvalue weighted by Crippen LogP contribution is 2.24. The standard InChI is InChI=1S/C15H14N4O2/c16-8-12-7-11(5-6-18-12)9-19(10-15(20)21)14-4-2-1-3-13(14)17/h1-7H,9-10,17H2,(H,20,21). The van der Waals surface area contributed by atoms with Crippen LogP contribution in [0.4, 0.5) is 11.4 Å². The molecule has 0 fully saturated rings. The van der Waals surface area contributed by atoms with Gasteiger partial charge in [-0.15, -0.1) is 0 Å². The second kappa shape index (κ2) is 6.39. The number of carboxylic acids is 1. The van der Waals surface area contributed by atoms with Gasteiger partial charge in [-0.2, -0.15) is 5.26 Å². The van der Waals surface area contributed by atoms with E-state index in [0.29, 0.717) is 23.6 Å². The van der Waals surface area contributed by atoms with Crippen LogP contribution in [0.15, 0.2) is 42.6 Å². The van der Waals surface area contributed by atoms with E-state index in [-0.39, 0.29) is 6.54 Å². The number of nitrogen functional groups attached to an aromatic ring is 1. The molecule has 0 atom stereocenters. The molecule has 6 heteroatoms. The Labute approximate surface area is 122 Å². The van der Waals surface area contributed by atoms with Gasteiger partial charge in [-0.1, -0.05) is 12.1 Å². The van der Waals surface area contributed by atoms with Gasteiger partial charge in [0.25, 0.3) is 0 Å². The summed E-state index contributed by atoms with van der Waals surface area (Å²) in [5.41, 5.74) is 8.16. The summed E-state index contributed by atoms with van der Waals surface area (Å²) in [6.07, 6.45) is 1.53. The highest BCUT2D eigenvalue weighted by molar-refractivity contribution is 5.77. The molecule has 0 saturated carbocycles. The zero-order valence-electron chi connectivity index (χ0n) is 11.2. The van der Waals surface area contributed by atoms with Crippen molar-refractivity contribution in [1.82, 2.24) is 4.98 Å². The van der Waals surface area contributed by atoms with Crippen molar-refractivity contribution in [2.24, 2.45) is 0 Å². The minimum Gasteiger partial charge on any atom is -0.480 e. The van der Waals surface area contributed by atoms with Gasteiger partial charge in [-0.05, 0) is 29.8 Å². The zero-order chi connectivity index (χ0) is 15.2.